The number of rotatable bonds is 5. The summed E-state index contributed by atoms with van der Waals surface area (Å²) in [7, 11) is 0. The number of nitro groups is 1. The molecule has 0 fully saturated rings. The molecule has 1 heterocycles. The second kappa shape index (κ2) is 8.60. The third kappa shape index (κ3) is 4.24. The summed E-state index contributed by atoms with van der Waals surface area (Å²) < 4.78 is 0. The van der Waals surface area contributed by atoms with E-state index in [1.807, 2.05) is 36.4 Å². The van der Waals surface area contributed by atoms with Gasteiger partial charge in [0.05, 0.1) is 15.4 Å². The minimum Gasteiger partial charge on any atom is -0.258 e. The highest BCUT2D eigenvalue weighted by Crippen LogP contribution is 2.39. The largest absolute Gasteiger partial charge is 0.283 e. The number of nitrogens with zero attached hydrogens (tertiary/aromatic N) is 3. The zero-order chi connectivity index (χ0) is 20.2. The van der Waals surface area contributed by atoms with E-state index < -0.39 is 0 Å². The van der Waals surface area contributed by atoms with Gasteiger partial charge in [-0.15, -0.1) is 11.3 Å². The van der Waals surface area contributed by atoms with Gasteiger partial charge in [0.1, 0.15) is 11.1 Å². The monoisotopic (exact) mass is 419 g/mol. The quantitative estimate of drug-likeness (QED) is 0.276. The SMILES string of the molecule is N#Cc1c(N=Cc2ccc(Sc3ccccc3)c([N+](=O)[O-])c2)sc2c1CCCC2. The van der Waals surface area contributed by atoms with Gasteiger partial charge in [0.15, 0.2) is 0 Å². The van der Waals surface area contributed by atoms with Crippen molar-refractivity contribution in [2.45, 2.75) is 35.5 Å². The van der Waals surface area contributed by atoms with Gasteiger partial charge in [-0.1, -0.05) is 36.0 Å². The molecule has 7 heteroatoms. The Kier molecular flexibility index (Phi) is 5.74. The molecule has 0 unspecified atom stereocenters. The van der Waals surface area contributed by atoms with Gasteiger partial charge in [0.2, 0.25) is 0 Å². The summed E-state index contributed by atoms with van der Waals surface area (Å²) in [6.07, 6.45) is 5.80. The Morgan fingerprint density at radius 1 is 1.17 bits per heavy atom. The number of hydrogen-bond acceptors (Lipinski definition) is 6. The number of nitro benzene ring substituents is 1. The van der Waals surface area contributed by atoms with E-state index in [0.717, 1.165) is 36.1 Å². The lowest BCUT2D eigenvalue weighted by Gasteiger charge is -2.09. The van der Waals surface area contributed by atoms with Gasteiger partial charge in [-0.2, -0.15) is 5.26 Å². The van der Waals surface area contributed by atoms with Crippen LogP contribution in [0.15, 0.2) is 63.3 Å². The lowest BCUT2D eigenvalue weighted by Crippen LogP contribution is -1.99. The summed E-state index contributed by atoms with van der Waals surface area (Å²) in [4.78, 5) is 18.5. The van der Waals surface area contributed by atoms with E-state index in [2.05, 4.69) is 11.1 Å². The molecule has 4 rings (SSSR count). The first kappa shape index (κ1) is 19.4. The second-order valence-corrected chi connectivity index (χ2v) is 8.86. The van der Waals surface area contributed by atoms with Crippen molar-refractivity contribution in [1.29, 1.82) is 5.26 Å². The second-order valence-electron chi connectivity index (χ2n) is 6.66. The van der Waals surface area contributed by atoms with E-state index in [9.17, 15) is 15.4 Å². The van der Waals surface area contributed by atoms with Crippen molar-refractivity contribution in [1.82, 2.24) is 0 Å². The highest BCUT2D eigenvalue weighted by molar-refractivity contribution is 7.99. The summed E-state index contributed by atoms with van der Waals surface area (Å²) in [6.45, 7) is 0. The summed E-state index contributed by atoms with van der Waals surface area (Å²) in [6, 6.07) is 17.0. The van der Waals surface area contributed by atoms with Crippen LogP contribution in [0.3, 0.4) is 0 Å². The average Bonchev–Trinajstić information content (AvgIpc) is 3.11. The predicted molar refractivity (Wildman–Crippen MR) is 117 cm³/mol. The van der Waals surface area contributed by atoms with Gasteiger partial charge in [-0.3, -0.25) is 10.1 Å². The molecule has 1 aromatic heterocycles. The van der Waals surface area contributed by atoms with E-state index >= 15 is 0 Å². The third-order valence-corrected chi connectivity index (χ3v) is 7.02. The molecule has 0 spiro atoms. The molecular formula is C22H17N3O2S2. The maximum Gasteiger partial charge on any atom is 0.283 e. The van der Waals surface area contributed by atoms with Crippen LogP contribution in [0, 0.1) is 21.4 Å². The average molecular weight is 420 g/mol. The van der Waals surface area contributed by atoms with E-state index in [0.29, 0.717) is 21.0 Å². The number of fused-ring (bicyclic) bond motifs is 1. The number of thiophene rings is 1. The van der Waals surface area contributed by atoms with E-state index in [4.69, 9.17) is 0 Å². The zero-order valence-corrected chi connectivity index (χ0v) is 17.1. The van der Waals surface area contributed by atoms with Crippen LogP contribution in [0.25, 0.3) is 0 Å². The topological polar surface area (TPSA) is 79.3 Å². The van der Waals surface area contributed by atoms with Gasteiger partial charge in [-0.25, -0.2) is 4.99 Å². The van der Waals surface area contributed by atoms with E-state index in [1.165, 1.54) is 22.7 Å². The lowest BCUT2D eigenvalue weighted by atomic mass is 9.96. The number of nitriles is 1. The molecule has 0 N–H and O–H groups in total. The van der Waals surface area contributed by atoms with Crippen molar-refractivity contribution in [3.05, 3.63) is 80.2 Å². The maximum atomic E-state index is 11.6. The van der Waals surface area contributed by atoms with Gasteiger partial charge in [0, 0.05) is 22.1 Å². The van der Waals surface area contributed by atoms with Crippen molar-refractivity contribution < 1.29 is 4.92 Å². The van der Waals surface area contributed by atoms with E-state index in [-0.39, 0.29) is 10.6 Å². The highest BCUT2D eigenvalue weighted by atomic mass is 32.2. The summed E-state index contributed by atoms with van der Waals surface area (Å²) in [5.41, 5.74) is 2.49. The first-order valence-electron chi connectivity index (χ1n) is 9.26. The van der Waals surface area contributed by atoms with Crippen molar-refractivity contribution >= 4 is 40.0 Å². The smallest absolute Gasteiger partial charge is 0.258 e. The molecule has 144 valence electrons. The number of aliphatic imine (C=N–C) groups is 1. The molecular weight excluding hydrogens is 402 g/mol. The molecule has 0 bridgehead atoms. The summed E-state index contributed by atoms with van der Waals surface area (Å²) in [5, 5.41) is 21.8. The van der Waals surface area contributed by atoms with Crippen molar-refractivity contribution in [3.63, 3.8) is 0 Å². The Hall–Kier alpha value is -2.95. The van der Waals surface area contributed by atoms with Crippen LogP contribution < -0.4 is 0 Å². The molecule has 29 heavy (non-hydrogen) atoms. The Bertz CT molecular complexity index is 1130. The summed E-state index contributed by atoms with van der Waals surface area (Å²) >= 11 is 2.93. The molecule has 5 nitrogen and oxygen atoms in total. The van der Waals surface area contributed by atoms with Crippen LogP contribution in [0.4, 0.5) is 10.7 Å². The van der Waals surface area contributed by atoms with Crippen LogP contribution in [0.2, 0.25) is 0 Å². The highest BCUT2D eigenvalue weighted by Gasteiger charge is 2.20. The van der Waals surface area contributed by atoms with Crippen LogP contribution in [0.1, 0.15) is 34.4 Å². The fraction of sp³-hybridized carbons (Fsp3) is 0.182. The van der Waals surface area contributed by atoms with Crippen LogP contribution in [-0.4, -0.2) is 11.1 Å². The Morgan fingerprint density at radius 3 is 2.72 bits per heavy atom. The molecule has 0 amide bonds. The number of aryl methyl sites for hydroxylation is 1. The van der Waals surface area contributed by atoms with Crippen LogP contribution in [-0.2, 0) is 12.8 Å². The van der Waals surface area contributed by atoms with E-state index in [1.54, 1.807) is 23.6 Å². The molecule has 3 aromatic rings. The van der Waals surface area contributed by atoms with Gasteiger partial charge in [-0.05, 0) is 55.0 Å². The number of hydrogen-bond donors (Lipinski definition) is 0. The predicted octanol–water partition coefficient (Wildman–Crippen LogP) is 6.31. The van der Waals surface area contributed by atoms with Crippen molar-refractivity contribution in [2.24, 2.45) is 4.99 Å². The van der Waals surface area contributed by atoms with Crippen LogP contribution >= 0.6 is 23.1 Å². The Balaban J connectivity index is 1.63. The zero-order valence-electron chi connectivity index (χ0n) is 15.5. The standard InChI is InChI=1S/C22H17N3O2S2/c23-13-18-17-8-4-5-9-20(17)29-22(18)24-14-15-10-11-21(19(12-15)25(26)27)28-16-6-2-1-3-7-16/h1-3,6-7,10-12,14H,4-5,8-9H2. The minimum atomic E-state index is -0.368. The minimum absolute atomic E-state index is 0.0498. The molecule has 0 saturated carbocycles. The fourth-order valence-corrected chi connectivity index (χ4v) is 5.45. The normalized spacial score (nSPS) is 13.2. The van der Waals surface area contributed by atoms with Gasteiger partial charge < -0.3 is 0 Å². The molecule has 0 radical (unpaired) electrons. The molecule has 0 atom stereocenters. The molecule has 0 saturated heterocycles. The lowest BCUT2D eigenvalue weighted by molar-refractivity contribution is -0.387. The maximum absolute atomic E-state index is 11.6. The summed E-state index contributed by atoms with van der Waals surface area (Å²) in [5.74, 6) is 0. The third-order valence-electron chi connectivity index (χ3n) is 4.75. The van der Waals surface area contributed by atoms with Crippen molar-refractivity contribution in [2.75, 3.05) is 0 Å². The Morgan fingerprint density at radius 2 is 1.97 bits per heavy atom. The molecule has 2 aromatic carbocycles. The Labute approximate surface area is 176 Å². The molecule has 1 aliphatic rings. The first-order chi connectivity index (χ1) is 14.2. The van der Waals surface area contributed by atoms with Crippen molar-refractivity contribution in [3.8, 4) is 6.07 Å². The van der Waals surface area contributed by atoms with Gasteiger partial charge >= 0.3 is 0 Å². The molecule has 0 aliphatic heterocycles. The van der Waals surface area contributed by atoms with Gasteiger partial charge in [0.25, 0.3) is 5.69 Å². The first-order valence-corrected chi connectivity index (χ1v) is 10.9. The number of benzene rings is 2. The van der Waals surface area contributed by atoms with Crippen LogP contribution in [0.5, 0.6) is 0 Å². The fourth-order valence-electron chi connectivity index (χ4n) is 3.35. The molecule has 1 aliphatic carbocycles.